The van der Waals surface area contributed by atoms with Gasteiger partial charge >= 0.3 is 5.97 Å². The minimum absolute atomic E-state index is 0.0673. The first-order chi connectivity index (χ1) is 8.38. The van der Waals surface area contributed by atoms with E-state index in [4.69, 9.17) is 11.5 Å². The van der Waals surface area contributed by atoms with Gasteiger partial charge in [-0.2, -0.15) is 0 Å². The Hall–Kier alpha value is -2.03. The molecule has 0 bridgehead atoms. The lowest BCUT2D eigenvalue weighted by Gasteiger charge is -2.37. The third-order valence-corrected chi connectivity index (χ3v) is 2.81. The Kier molecular flexibility index (Phi) is 4.32. The van der Waals surface area contributed by atoms with Crippen LogP contribution in [0.25, 0.3) is 0 Å². The highest BCUT2D eigenvalue weighted by molar-refractivity contribution is 5.95. The second-order valence-corrected chi connectivity index (χ2v) is 4.50. The maximum absolute atomic E-state index is 11.9. The first-order valence-corrected chi connectivity index (χ1v) is 5.62. The molecule has 98 valence electrons. The molecule has 6 heteroatoms. The molecule has 0 unspecified atom stereocenters. The summed E-state index contributed by atoms with van der Waals surface area (Å²) in [7, 11) is 0. The number of carbonyl (C=O) groups excluding carboxylic acids is 2. The number of piperazine rings is 1. The van der Waals surface area contributed by atoms with Crippen LogP contribution < -0.4 is 0 Å². The van der Waals surface area contributed by atoms with E-state index in [1.165, 1.54) is 4.90 Å². The summed E-state index contributed by atoms with van der Waals surface area (Å²) < 4.78 is 0. The summed E-state index contributed by atoms with van der Waals surface area (Å²) in [6, 6.07) is -0.977. The molecule has 18 heavy (non-hydrogen) atoms. The van der Waals surface area contributed by atoms with Crippen molar-refractivity contribution in [2.75, 3.05) is 19.6 Å². The highest BCUT2D eigenvalue weighted by Gasteiger charge is 2.38. The Balaban J connectivity index is 2.87. The molecule has 0 spiro atoms. The van der Waals surface area contributed by atoms with E-state index in [9.17, 15) is 14.4 Å². The molecule has 0 aliphatic carbocycles. The van der Waals surface area contributed by atoms with Crippen molar-refractivity contribution >= 4 is 17.8 Å². The van der Waals surface area contributed by atoms with Gasteiger partial charge in [0.25, 0.3) is 0 Å². The number of carboxylic acid groups (broad SMARTS) is 1. The second kappa shape index (κ2) is 5.54. The molecular weight excluding hydrogens is 236 g/mol. The fourth-order valence-corrected chi connectivity index (χ4v) is 1.96. The monoisotopic (exact) mass is 252 g/mol. The molecule has 1 heterocycles. The number of aliphatic carboxylic acids is 1. The maximum atomic E-state index is 11.9. The van der Waals surface area contributed by atoms with Crippen molar-refractivity contribution in [3.8, 4) is 12.3 Å². The van der Waals surface area contributed by atoms with Crippen LogP contribution in [0.15, 0.2) is 0 Å². The smallest absolute Gasteiger partial charge is 0.326 e. The molecule has 0 aromatic rings. The van der Waals surface area contributed by atoms with Crippen molar-refractivity contribution in [3.05, 3.63) is 0 Å². The van der Waals surface area contributed by atoms with Crippen LogP contribution in [-0.4, -0.2) is 58.4 Å². The van der Waals surface area contributed by atoms with Gasteiger partial charge in [0.2, 0.25) is 11.8 Å². The van der Waals surface area contributed by atoms with Gasteiger partial charge < -0.3 is 14.9 Å². The van der Waals surface area contributed by atoms with Crippen molar-refractivity contribution in [2.24, 2.45) is 5.92 Å². The molecular formula is C12H16N2O4. The number of amides is 2. The Morgan fingerprint density at radius 3 is 2.44 bits per heavy atom. The van der Waals surface area contributed by atoms with Crippen molar-refractivity contribution in [3.63, 3.8) is 0 Å². The van der Waals surface area contributed by atoms with Gasteiger partial charge in [0.1, 0.15) is 19.1 Å². The van der Waals surface area contributed by atoms with Crippen molar-refractivity contribution in [1.82, 2.24) is 9.80 Å². The number of rotatable bonds is 4. The van der Waals surface area contributed by atoms with Gasteiger partial charge in [-0.3, -0.25) is 9.59 Å². The molecule has 0 aromatic carbocycles. The minimum atomic E-state index is -1.10. The third kappa shape index (κ3) is 2.80. The highest BCUT2D eigenvalue weighted by atomic mass is 16.4. The van der Waals surface area contributed by atoms with E-state index in [1.807, 2.05) is 0 Å². The molecule has 1 aliphatic heterocycles. The molecule has 1 atom stereocenters. The van der Waals surface area contributed by atoms with E-state index in [-0.39, 0.29) is 37.4 Å². The largest absolute Gasteiger partial charge is 0.480 e. The van der Waals surface area contributed by atoms with Crippen LogP contribution in [0.1, 0.15) is 13.8 Å². The van der Waals surface area contributed by atoms with Gasteiger partial charge in [-0.25, -0.2) is 4.79 Å². The van der Waals surface area contributed by atoms with Crippen molar-refractivity contribution in [1.29, 1.82) is 0 Å². The van der Waals surface area contributed by atoms with E-state index in [2.05, 4.69) is 5.92 Å². The average Bonchev–Trinajstić information content (AvgIpc) is 2.24. The van der Waals surface area contributed by atoms with Crippen LogP contribution in [-0.2, 0) is 14.4 Å². The summed E-state index contributed by atoms with van der Waals surface area (Å²) in [5.41, 5.74) is 0. The van der Waals surface area contributed by atoms with Crippen LogP contribution >= 0.6 is 0 Å². The van der Waals surface area contributed by atoms with E-state index < -0.39 is 12.0 Å². The van der Waals surface area contributed by atoms with E-state index in [1.54, 1.807) is 13.8 Å². The molecule has 1 fully saturated rings. The lowest BCUT2D eigenvalue weighted by Crippen LogP contribution is -2.59. The van der Waals surface area contributed by atoms with Gasteiger partial charge in [0.05, 0.1) is 6.54 Å². The number of nitrogens with zero attached hydrogens (tertiary/aromatic N) is 2. The molecule has 1 N–H and O–H groups in total. The van der Waals surface area contributed by atoms with Crippen molar-refractivity contribution in [2.45, 2.75) is 19.9 Å². The highest BCUT2D eigenvalue weighted by Crippen LogP contribution is 2.15. The summed E-state index contributed by atoms with van der Waals surface area (Å²) in [6.45, 7) is 3.09. The van der Waals surface area contributed by atoms with Gasteiger partial charge in [-0.05, 0) is 5.92 Å². The van der Waals surface area contributed by atoms with Crippen LogP contribution in [0, 0.1) is 18.3 Å². The van der Waals surface area contributed by atoms with Gasteiger partial charge in [0.15, 0.2) is 0 Å². The Bertz CT molecular complexity index is 411. The zero-order chi connectivity index (χ0) is 13.9. The summed E-state index contributed by atoms with van der Waals surface area (Å²) in [4.78, 5) is 37.1. The molecule has 0 aromatic heterocycles. The zero-order valence-electron chi connectivity index (χ0n) is 10.4. The minimum Gasteiger partial charge on any atom is -0.480 e. The van der Waals surface area contributed by atoms with Crippen LogP contribution in [0.5, 0.6) is 0 Å². The fourth-order valence-electron chi connectivity index (χ4n) is 1.96. The van der Waals surface area contributed by atoms with E-state index >= 15 is 0 Å². The topological polar surface area (TPSA) is 77.9 Å². The number of hydrogen-bond donors (Lipinski definition) is 1. The molecule has 6 nitrogen and oxygen atoms in total. The number of carbonyl (C=O) groups is 3. The molecule has 1 rings (SSSR count). The summed E-state index contributed by atoms with van der Waals surface area (Å²) in [5.74, 6) is 0.227. The first-order valence-electron chi connectivity index (χ1n) is 5.62. The predicted molar refractivity (Wildman–Crippen MR) is 63.4 cm³/mol. The molecule has 0 radical (unpaired) electrons. The number of carboxylic acids is 1. The summed E-state index contributed by atoms with van der Waals surface area (Å²) in [6.07, 6.45) is 5.10. The average molecular weight is 252 g/mol. The quantitative estimate of drug-likeness (QED) is 0.678. The Morgan fingerprint density at radius 1 is 1.39 bits per heavy atom. The third-order valence-electron chi connectivity index (χ3n) is 2.81. The lowest BCUT2D eigenvalue weighted by molar-refractivity contribution is -0.160. The summed E-state index contributed by atoms with van der Waals surface area (Å²) >= 11 is 0. The first kappa shape index (κ1) is 14.0. The Morgan fingerprint density at radius 2 is 2.00 bits per heavy atom. The number of hydrogen-bond acceptors (Lipinski definition) is 3. The van der Waals surface area contributed by atoms with Gasteiger partial charge in [-0.1, -0.05) is 19.8 Å². The number of terminal acetylenes is 1. The maximum Gasteiger partial charge on any atom is 0.326 e. The Labute approximate surface area is 106 Å². The lowest BCUT2D eigenvalue weighted by atomic mass is 10.0. The normalized spacial score (nSPS) is 17.9. The summed E-state index contributed by atoms with van der Waals surface area (Å²) in [5, 5.41) is 9.12. The van der Waals surface area contributed by atoms with E-state index in [0.29, 0.717) is 0 Å². The predicted octanol–water partition coefficient (Wildman–Crippen LogP) is -0.600. The fraction of sp³-hybridized carbons (Fsp3) is 0.583. The zero-order valence-corrected chi connectivity index (χ0v) is 10.4. The second-order valence-electron chi connectivity index (χ2n) is 4.50. The van der Waals surface area contributed by atoms with E-state index in [0.717, 1.165) is 4.90 Å². The molecule has 0 saturated carbocycles. The standard InChI is InChI=1S/C12H16N2O4/c1-4-5-13-6-10(16)14(7-9(13)15)11(8(2)3)12(17)18/h1,8,11H,5-7H2,2-3H3,(H,17,18)/t11-/m0/s1. The SMILES string of the molecule is C#CCN1CC(=O)N([C@H](C(=O)O)C(C)C)CC1=O. The molecule has 1 aliphatic rings. The molecule has 2 amide bonds. The van der Waals surface area contributed by atoms with Crippen LogP contribution in [0.2, 0.25) is 0 Å². The van der Waals surface area contributed by atoms with Crippen LogP contribution in [0.4, 0.5) is 0 Å². The van der Waals surface area contributed by atoms with Gasteiger partial charge in [-0.15, -0.1) is 6.42 Å². The van der Waals surface area contributed by atoms with Crippen molar-refractivity contribution < 1.29 is 19.5 Å². The van der Waals surface area contributed by atoms with Gasteiger partial charge in [0, 0.05) is 0 Å². The van der Waals surface area contributed by atoms with Crippen LogP contribution in [0.3, 0.4) is 0 Å². The molecule has 1 saturated heterocycles.